The second-order valence-corrected chi connectivity index (χ2v) is 9.69. The highest BCUT2D eigenvalue weighted by Gasteiger charge is 2.49. The Morgan fingerprint density at radius 1 is 1.03 bits per heavy atom. The van der Waals surface area contributed by atoms with Crippen molar-refractivity contribution in [2.75, 3.05) is 33.3 Å². The number of likely N-dealkylation sites (tertiary alicyclic amines) is 1. The minimum atomic E-state index is -1.55. The van der Waals surface area contributed by atoms with Gasteiger partial charge < -0.3 is 19.1 Å². The quantitative estimate of drug-likeness (QED) is 0.360. The van der Waals surface area contributed by atoms with Gasteiger partial charge in [-0.25, -0.2) is 4.79 Å². The van der Waals surface area contributed by atoms with Crippen LogP contribution < -0.4 is 4.74 Å². The average Bonchev–Trinajstić information content (AvgIpc) is 3.48. The van der Waals surface area contributed by atoms with E-state index in [1.165, 1.54) is 0 Å². The van der Waals surface area contributed by atoms with Crippen molar-refractivity contribution < 1.29 is 23.9 Å². The van der Waals surface area contributed by atoms with Crippen LogP contribution >= 0.6 is 0 Å². The molecular weight excluding hydrogens is 402 g/mol. The van der Waals surface area contributed by atoms with Gasteiger partial charge in [-0.1, -0.05) is 61.4 Å². The van der Waals surface area contributed by atoms with Crippen molar-refractivity contribution in [2.45, 2.75) is 50.2 Å². The first kappa shape index (κ1) is 22.8. The second-order valence-electron chi connectivity index (χ2n) is 9.69. The van der Waals surface area contributed by atoms with Gasteiger partial charge in [-0.2, -0.15) is 0 Å². The van der Waals surface area contributed by atoms with Crippen molar-refractivity contribution in [3.05, 3.63) is 66.2 Å². The zero-order valence-corrected chi connectivity index (χ0v) is 19.1. The number of ether oxygens (including phenoxy) is 2. The Morgan fingerprint density at radius 2 is 1.69 bits per heavy atom. The van der Waals surface area contributed by atoms with Crippen LogP contribution in [0.4, 0.5) is 0 Å². The second kappa shape index (κ2) is 10.1. The number of rotatable bonds is 9. The molecule has 1 aliphatic heterocycles. The number of hydrogen-bond donors (Lipinski definition) is 1. The molecule has 1 heterocycles. The van der Waals surface area contributed by atoms with Gasteiger partial charge in [-0.3, -0.25) is 0 Å². The van der Waals surface area contributed by atoms with E-state index in [1.54, 1.807) is 0 Å². The highest BCUT2D eigenvalue weighted by Crippen LogP contribution is 2.42. The lowest BCUT2D eigenvalue weighted by Gasteiger charge is -2.33. The fraction of sp³-hybridized carbons (Fsp3) is 0.519. The summed E-state index contributed by atoms with van der Waals surface area (Å²) in [5.74, 6) is 0.353. The molecule has 2 fully saturated rings. The monoisotopic (exact) mass is 438 g/mol. The normalized spacial score (nSPS) is 25.4. The predicted octanol–water partition coefficient (Wildman–Crippen LogP) is 4.30. The van der Waals surface area contributed by atoms with Gasteiger partial charge in [-0.05, 0) is 30.5 Å². The van der Waals surface area contributed by atoms with Crippen LogP contribution in [0.3, 0.4) is 0 Å². The van der Waals surface area contributed by atoms with Gasteiger partial charge >= 0.3 is 5.97 Å². The van der Waals surface area contributed by atoms with Crippen molar-refractivity contribution in [1.29, 1.82) is 0 Å². The summed E-state index contributed by atoms with van der Waals surface area (Å²) < 4.78 is 12.7. The average molecular weight is 439 g/mol. The molecule has 0 spiro atoms. The van der Waals surface area contributed by atoms with Crippen LogP contribution in [0.5, 0.6) is 5.75 Å². The van der Waals surface area contributed by atoms with Crippen molar-refractivity contribution in [3.63, 3.8) is 0 Å². The summed E-state index contributed by atoms with van der Waals surface area (Å²) in [6, 6.07) is 19.2. The van der Waals surface area contributed by atoms with Crippen LogP contribution in [0.25, 0.3) is 0 Å². The van der Waals surface area contributed by atoms with E-state index in [-0.39, 0.29) is 12.0 Å². The molecule has 2 aromatic carbocycles. The van der Waals surface area contributed by atoms with E-state index in [4.69, 9.17) is 9.47 Å². The van der Waals surface area contributed by atoms with Crippen molar-refractivity contribution in [2.24, 2.45) is 5.92 Å². The van der Waals surface area contributed by atoms with E-state index >= 15 is 0 Å². The fourth-order valence-corrected chi connectivity index (χ4v) is 5.38. The Kier molecular flexibility index (Phi) is 7.17. The maximum absolute atomic E-state index is 13.3. The first-order valence-electron chi connectivity index (χ1n) is 12.0. The lowest BCUT2D eigenvalue weighted by molar-refractivity contribution is -0.899. The van der Waals surface area contributed by atoms with Crippen LogP contribution in [-0.2, 0) is 15.1 Å². The molecule has 0 radical (unpaired) electrons. The summed E-state index contributed by atoms with van der Waals surface area (Å²) >= 11 is 0. The Hall–Kier alpha value is -2.37. The molecule has 5 heteroatoms. The Bertz CT molecular complexity index is 868. The number of para-hydroxylation sites is 1. The maximum Gasteiger partial charge on any atom is 0.343 e. The topological polar surface area (TPSA) is 55.8 Å². The van der Waals surface area contributed by atoms with E-state index in [0.29, 0.717) is 12.2 Å². The highest BCUT2D eigenvalue weighted by atomic mass is 16.6. The Morgan fingerprint density at radius 3 is 2.38 bits per heavy atom. The molecule has 2 aliphatic rings. The molecule has 1 saturated carbocycles. The summed E-state index contributed by atoms with van der Waals surface area (Å²) in [6.45, 7) is 3.41. The van der Waals surface area contributed by atoms with Crippen molar-refractivity contribution in [1.82, 2.24) is 0 Å². The highest BCUT2D eigenvalue weighted by molar-refractivity contribution is 5.81. The van der Waals surface area contributed by atoms with Crippen molar-refractivity contribution in [3.8, 4) is 5.75 Å². The molecule has 1 unspecified atom stereocenters. The van der Waals surface area contributed by atoms with E-state index in [9.17, 15) is 9.90 Å². The van der Waals surface area contributed by atoms with Crippen LogP contribution in [-0.4, -0.2) is 55.0 Å². The third-order valence-corrected chi connectivity index (χ3v) is 7.23. The lowest BCUT2D eigenvalue weighted by Crippen LogP contribution is -2.47. The van der Waals surface area contributed by atoms with Crippen LogP contribution in [0, 0.1) is 5.92 Å². The largest absolute Gasteiger partial charge is 0.493 e. The molecule has 4 rings (SSSR count). The lowest BCUT2D eigenvalue weighted by atomic mass is 9.80. The molecule has 0 bridgehead atoms. The smallest absolute Gasteiger partial charge is 0.343 e. The predicted molar refractivity (Wildman–Crippen MR) is 124 cm³/mol. The van der Waals surface area contributed by atoms with E-state index in [2.05, 4.69) is 7.05 Å². The van der Waals surface area contributed by atoms with Crippen molar-refractivity contribution >= 4 is 5.97 Å². The van der Waals surface area contributed by atoms with Gasteiger partial charge in [0.15, 0.2) is 11.7 Å². The number of aliphatic hydroxyl groups is 1. The number of carbonyl (C=O) groups is 1. The summed E-state index contributed by atoms with van der Waals surface area (Å²) in [4.78, 5) is 13.3. The summed E-state index contributed by atoms with van der Waals surface area (Å²) in [7, 11) is 2.22. The zero-order valence-electron chi connectivity index (χ0n) is 19.1. The maximum atomic E-state index is 13.3. The molecule has 1 N–H and O–H groups in total. The Labute approximate surface area is 191 Å². The van der Waals surface area contributed by atoms with E-state index in [0.717, 1.165) is 68.4 Å². The van der Waals surface area contributed by atoms with Gasteiger partial charge in [0.05, 0.1) is 26.7 Å². The molecule has 3 atom stereocenters. The van der Waals surface area contributed by atoms with Gasteiger partial charge in [0.25, 0.3) is 0 Å². The molecular formula is C27H36NO4+. The summed E-state index contributed by atoms with van der Waals surface area (Å²) in [5, 5.41) is 11.6. The minimum absolute atomic E-state index is 0.0742. The van der Waals surface area contributed by atoms with Gasteiger partial charge in [0.1, 0.15) is 12.3 Å². The van der Waals surface area contributed by atoms with Crippen LogP contribution in [0.15, 0.2) is 60.7 Å². The van der Waals surface area contributed by atoms with Gasteiger partial charge in [0, 0.05) is 18.8 Å². The van der Waals surface area contributed by atoms with E-state index in [1.807, 2.05) is 60.7 Å². The zero-order chi connectivity index (χ0) is 22.4. The standard InChI is InChI=1S/C27H36NO4/c1-28(18-10-20-31-24-15-6-3-7-16-24)19-17-25(21-28)32-26(29)27(30,23-13-8-9-14-23)22-11-4-2-5-12-22/h2-7,11-12,15-16,23,25,30H,8-10,13-14,17-21H2,1H3/q+1/t25-,27+,28?/m1/s1. The van der Waals surface area contributed by atoms with Gasteiger partial charge in [-0.15, -0.1) is 0 Å². The third kappa shape index (κ3) is 5.16. The molecule has 0 aromatic heterocycles. The molecule has 0 amide bonds. The number of quaternary nitrogens is 1. The molecule has 1 saturated heterocycles. The van der Waals surface area contributed by atoms with Crippen LogP contribution in [0.1, 0.15) is 44.1 Å². The number of nitrogens with zero attached hydrogens (tertiary/aromatic N) is 1. The third-order valence-electron chi connectivity index (χ3n) is 7.23. The molecule has 1 aliphatic carbocycles. The van der Waals surface area contributed by atoms with Crippen LogP contribution in [0.2, 0.25) is 0 Å². The number of benzene rings is 2. The molecule has 172 valence electrons. The molecule has 2 aromatic rings. The molecule has 32 heavy (non-hydrogen) atoms. The SMILES string of the molecule is C[N+]1(CCCOc2ccccc2)CC[C@@H](OC(=O)[C@](O)(c2ccccc2)C2CCCC2)C1. The minimum Gasteiger partial charge on any atom is -0.493 e. The number of carbonyl (C=O) groups excluding carboxylic acids is 1. The first-order chi connectivity index (χ1) is 15.5. The Balaban J connectivity index is 1.32. The molecule has 5 nitrogen and oxygen atoms in total. The first-order valence-corrected chi connectivity index (χ1v) is 12.0. The summed E-state index contributed by atoms with van der Waals surface area (Å²) in [5.41, 5.74) is -0.891. The van der Waals surface area contributed by atoms with Gasteiger partial charge in [0.2, 0.25) is 0 Å². The fourth-order valence-electron chi connectivity index (χ4n) is 5.38. The number of hydrogen-bond acceptors (Lipinski definition) is 4. The summed E-state index contributed by atoms with van der Waals surface area (Å²) in [6.07, 6.45) is 5.45. The number of esters is 1. The number of likely N-dealkylation sites (N-methyl/N-ethyl adjacent to an activating group) is 1. The van der Waals surface area contributed by atoms with E-state index < -0.39 is 11.6 Å².